The molecule has 0 aromatic heterocycles. The van der Waals surface area contributed by atoms with Crippen LogP contribution in [0.5, 0.6) is 0 Å². The van der Waals surface area contributed by atoms with E-state index in [4.69, 9.17) is 0 Å². The van der Waals surface area contributed by atoms with Gasteiger partial charge in [-0.05, 0) is 43.4 Å². The average Bonchev–Trinajstić information content (AvgIpc) is 3.40. The molecule has 5 nitrogen and oxygen atoms in total. The van der Waals surface area contributed by atoms with Gasteiger partial charge in [0.25, 0.3) is 5.91 Å². The van der Waals surface area contributed by atoms with E-state index < -0.39 is 0 Å². The van der Waals surface area contributed by atoms with Crippen LogP contribution in [0.15, 0.2) is 29.4 Å². The zero-order valence-electron chi connectivity index (χ0n) is 13.6. The van der Waals surface area contributed by atoms with Crippen LogP contribution in [0, 0.1) is 11.7 Å². The Balaban J connectivity index is 1.62. The molecule has 0 spiro atoms. The van der Waals surface area contributed by atoms with Gasteiger partial charge in [0.05, 0.1) is 5.71 Å². The van der Waals surface area contributed by atoms with E-state index in [1.54, 1.807) is 17.0 Å². The van der Waals surface area contributed by atoms with Crippen LogP contribution in [0.3, 0.4) is 0 Å². The highest BCUT2D eigenvalue weighted by Crippen LogP contribution is 2.33. The van der Waals surface area contributed by atoms with Crippen molar-refractivity contribution in [2.24, 2.45) is 11.0 Å². The lowest BCUT2D eigenvalue weighted by Crippen LogP contribution is -2.39. The van der Waals surface area contributed by atoms with E-state index in [0.717, 1.165) is 43.4 Å². The fourth-order valence-electron chi connectivity index (χ4n) is 2.91. The number of hydrazone groups is 1. The van der Waals surface area contributed by atoms with Gasteiger partial charge in [-0.2, -0.15) is 5.10 Å². The summed E-state index contributed by atoms with van der Waals surface area (Å²) >= 11 is 0. The summed E-state index contributed by atoms with van der Waals surface area (Å²) in [6, 6.07) is 6.14. The van der Waals surface area contributed by atoms with E-state index in [2.05, 4.69) is 10.5 Å². The van der Waals surface area contributed by atoms with Crippen LogP contribution in [0.2, 0.25) is 0 Å². The van der Waals surface area contributed by atoms with Crippen LogP contribution < -0.4 is 5.43 Å². The van der Waals surface area contributed by atoms with Gasteiger partial charge in [0.15, 0.2) is 0 Å². The summed E-state index contributed by atoms with van der Waals surface area (Å²) in [7, 11) is 0. The third-order valence-electron chi connectivity index (χ3n) is 4.41. The second-order valence-electron chi connectivity index (χ2n) is 6.44. The van der Waals surface area contributed by atoms with Crippen molar-refractivity contribution in [1.29, 1.82) is 0 Å². The summed E-state index contributed by atoms with van der Waals surface area (Å²) in [5.41, 5.74) is 4.17. The number of carbonyl (C=O) groups excluding carboxylic acids is 2. The first-order chi connectivity index (χ1) is 11.6. The summed E-state index contributed by atoms with van der Waals surface area (Å²) in [5.74, 6) is -0.230. The maximum Gasteiger partial charge on any atom is 0.259 e. The molecule has 6 heteroatoms. The molecule has 3 rings (SSSR count). The van der Waals surface area contributed by atoms with E-state index in [0.29, 0.717) is 18.9 Å². The van der Waals surface area contributed by atoms with Gasteiger partial charge in [0.2, 0.25) is 5.91 Å². The number of likely N-dealkylation sites (tertiary alicyclic amines) is 1. The number of halogens is 1. The lowest BCUT2D eigenvalue weighted by Gasteiger charge is -2.19. The van der Waals surface area contributed by atoms with Crippen molar-refractivity contribution in [3.05, 3.63) is 35.6 Å². The first kappa shape index (κ1) is 16.6. The number of hydrogen-bond donors (Lipinski definition) is 1. The smallest absolute Gasteiger partial charge is 0.259 e. The maximum atomic E-state index is 13.1. The standard InChI is InChI=1S/C18H22FN3O2/c19-15-9-7-14(8-10-15)18(13-5-6-13)21-20-16(23)12-22-11-3-1-2-4-17(22)24/h7-10,13H,1-6,11-12H2,(H,20,23)/b21-18+. The molecule has 1 N–H and O–H groups in total. The monoisotopic (exact) mass is 331 g/mol. The molecular formula is C18H22FN3O2. The van der Waals surface area contributed by atoms with Crippen molar-refractivity contribution < 1.29 is 14.0 Å². The number of carbonyl (C=O) groups is 2. The molecule has 24 heavy (non-hydrogen) atoms. The SMILES string of the molecule is O=C(CN1CCCCCC1=O)N/N=C(/c1ccc(F)cc1)C1CC1. The molecule has 2 aliphatic rings. The molecule has 1 aromatic carbocycles. The predicted octanol–water partition coefficient (Wildman–Crippen LogP) is 2.46. The maximum absolute atomic E-state index is 13.1. The first-order valence-electron chi connectivity index (χ1n) is 8.53. The van der Waals surface area contributed by atoms with Crippen molar-refractivity contribution in [2.75, 3.05) is 13.1 Å². The van der Waals surface area contributed by atoms with E-state index in [1.807, 2.05) is 0 Å². The summed E-state index contributed by atoms with van der Waals surface area (Å²) in [6.45, 7) is 0.674. The molecule has 0 radical (unpaired) electrons. The normalized spacial score (nSPS) is 19.1. The topological polar surface area (TPSA) is 61.8 Å². The van der Waals surface area contributed by atoms with Crippen LogP contribution in [0.4, 0.5) is 4.39 Å². The fourth-order valence-corrected chi connectivity index (χ4v) is 2.91. The molecule has 1 saturated heterocycles. The number of benzene rings is 1. The van der Waals surface area contributed by atoms with Gasteiger partial charge in [0, 0.05) is 18.9 Å². The molecule has 1 aromatic rings. The molecule has 0 atom stereocenters. The van der Waals surface area contributed by atoms with Crippen LogP contribution >= 0.6 is 0 Å². The third kappa shape index (κ3) is 4.40. The Morgan fingerprint density at radius 2 is 1.96 bits per heavy atom. The quantitative estimate of drug-likeness (QED) is 0.665. The molecular weight excluding hydrogens is 309 g/mol. The van der Waals surface area contributed by atoms with Crippen molar-refractivity contribution >= 4 is 17.5 Å². The second kappa shape index (κ2) is 7.55. The number of amides is 2. The average molecular weight is 331 g/mol. The minimum absolute atomic E-state index is 0.0348. The molecule has 0 bridgehead atoms. The van der Waals surface area contributed by atoms with Crippen molar-refractivity contribution in [3.63, 3.8) is 0 Å². The van der Waals surface area contributed by atoms with Crippen molar-refractivity contribution in [3.8, 4) is 0 Å². The number of nitrogens with zero attached hydrogens (tertiary/aromatic N) is 2. The van der Waals surface area contributed by atoms with Crippen molar-refractivity contribution in [1.82, 2.24) is 10.3 Å². The van der Waals surface area contributed by atoms with Crippen molar-refractivity contribution in [2.45, 2.75) is 38.5 Å². The molecule has 1 aliphatic carbocycles. The van der Waals surface area contributed by atoms with E-state index in [1.165, 1.54) is 12.1 Å². The highest BCUT2D eigenvalue weighted by molar-refractivity contribution is 6.04. The summed E-state index contributed by atoms with van der Waals surface area (Å²) in [4.78, 5) is 25.7. The van der Waals surface area contributed by atoms with Crippen LogP contribution in [-0.2, 0) is 9.59 Å². The van der Waals surface area contributed by atoms with Gasteiger partial charge in [-0.25, -0.2) is 9.82 Å². The fraction of sp³-hybridized carbons (Fsp3) is 0.500. The third-order valence-corrected chi connectivity index (χ3v) is 4.41. The summed E-state index contributed by atoms with van der Waals surface area (Å²) in [5, 5.41) is 4.26. The number of rotatable bonds is 5. The van der Waals surface area contributed by atoms with Crippen LogP contribution in [0.1, 0.15) is 44.1 Å². The minimum atomic E-state index is -0.294. The summed E-state index contributed by atoms with van der Waals surface area (Å²) in [6.07, 6.45) is 5.42. The summed E-state index contributed by atoms with van der Waals surface area (Å²) < 4.78 is 13.1. The van der Waals surface area contributed by atoms with Crippen LogP contribution in [-0.4, -0.2) is 35.5 Å². The Morgan fingerprint density at radius 3 is 2.67 bits per heavy atom. The zero-order valence-corrected chi connectivity index (χ0v) is 13.6. The van der Waals surface area contributed by atoms with E-state index in [-0.39, 0.29) is 24.2 Å². The minimum Gasteiger partial charge on any atom is -0.333 e. The second-order valence-corrected chi connectivity index (χ2v) is 6.44. The highest BCUT2D eigenvalue weighted by atomic mass is 19.1. The Morgan fingerprint density at radius 1 is 1.21 bits per heavy atom. The van der Waals surface area contributed by atoms with Crippen LogP contribution in [0.25, 0.3) is 0 Å². The lowest BCUT2D eigenvalue weighted by atomic mass is 10.1. The Kier molecular flexibility index (Phi) is 5.23. The van der Waals surface area contributed by atoms with Gasteiger partial charge in [0.1, 0.15) is 12.4 Å². The zero-order chi connectivity index (χ0) is 16.9. The van der Waals surface area contributed by atoms with Gasteiger partial charge in [-0.15, -0.1) is 0 Å². The predicted molar refractivity (Wildman–Crippen MR) is 88.9 cm³/mol. The molecule has 128 valence electrons. The van der Waals surface area contributed by atoms with Gasteiger partial charge >= 0.3 is 0 Å². The van der Waals surface area contributed by atoms with Gasteiger partial charge in [-0.1, -0.05) is 18.6 Å². The molecule has 1 aliphatic heterocycles. The highest BCUT2D eigenvalue weighted by Gasteiger charge is 2.29. The molecule has 2 amide bonds. The Labute approximate surface area is 140 Å². The first-order valence-corrected chi connectivity index (χ1v) is 8.53. The van der Waals surface area contributed by atoms with Gasteiger partial charge < -0.3 is 4.90 Å². The Hall–Kier alpha value is -2.24. The van der Waals surface area contributed by atoms with Gasteiger partial charge in [-0.3, -0.25) is 9.59 Å². The molecule has 0 unspecified atom stereocenters. The number of hydrogen-bond acceptors (Lipinski definition) is 3. The largest absolute Gasteiger partial charge is 0.333 e. The Bertz CT molecular complexity index is 638. The lowest BCUT2D eigenvalue weighted by molar-refractivity contribution is -0.135. The molecule has 1 saturated carbocycles. The van der Waals surface area contributed by atoms with E-state index >= 15 is 0 Å². The number of nitrogens with one attached hydrogen (secondary N) is 1. The molecule has 2 fully saturated rings. The van der Waals surface area contributed by atoms with E-state index in [9.17, 15) is 14.0 Å². The molecule has 1 heterocycles.